The Morgan fingerprint density at radius 3 is 3.06 bits per heavy atom. The van der Waals surface area contributed by atoms with E-state index in [1.807, 2.05) is 0 Å². The maximum Gasteiger partial charge on any atom is 0.256 e. The van der Waals surface area contributed by atoms with E-state index < -0.39 is 0 Å². The summed E-state index contributed by atoms with van der Waals surface area (Å²) in [4.78, 5) is 15.8. The van der Waals surface area contributed by atoms with Gasteiger partial charge in [0.1, 0.15) is 12.2 Å². The molecule has 1 rings (SSSR count). The van der Waals surface area contributed by atoms with Crippen molar-refractivity contribution in [2.24, 2.45) is 0 Å². The van der Waals surface area contributed by atoms with E-state index in [0.29, 0.717) is 31.7 Å². The number of aliphatic hydroxyl groups excluding tert-OH is 1. The zero-order valence-corrected chi connectivity index (χ0v) is 10.4. The fraction of sp³-hybridized carbons (Fsp3) is 0.500. The molecule has 2 N–H and O–H groups in total. The lowest BCUT2D eigenvalue weighted by Gasteiger charge is -2.09. The Morgan fingerprint density at radius 2 is 2.33 bits per heavy atom. The molecule has 0 unspecified atom stereocenters. The minimum atomic E-state index is -0.260. The molecule has 6 nitrogen and oxygen atoms in total. The Balaban J connectivity index is 2.59. The second-order valence-corrected chi connectivity index (χ2v) is 3.53. The molecule has 0 radical (unpaired) electrons. The maximum atomic E-state index is 11.8. The Labute approximate surface area is 106 Å². The number of hydrogen-bond acceptors (Lipinski definition) is 5. The summed E-state index contributed by atoms with van der Waals surface area (Å²) in [6.07, 6.45) is 2.08. The van der Waals surface area contributed by atoms with Crippen molar-refractivity contribution in [1.29, 1.82) is 0 Å². The molecule has 18 heavy (non-hydrogen) atoms. The molecule has 0 atom stereocenters. The van der Waals surface area contributed by atoms with E-state index in [0.717, 1.165) is 0 Å². The number of ether oxygens (including phenoxy) is 2. The van der Waals surface area contributed by atoms with Crippen LogP contribution in [0.5, 0.6) is 5.88 Å². The highest BCUT2D eigenvalue weighted by molar-refractivity contribution is 5.96. The molecule has 0 aromatic carbocycles. The molecule has 1 aromatic heterocycles. The van der Waals surface area contributed by atoms with Gasteiger partial charge in [-0.2, -0.15) is 0 Å². The normalized spacial score (nSPS) is 10.1. The number of hydrogen-bond donors (Lipinski definition) is 2. The van der Waals surface area contributed by atoms with Gasteiger partial charge in [0, 0.05) is 26.5 Å². The summed E-state index contributed by atoms with van der Waals surface area (Å²) in [5.41, 5.74) is 0.381. The van der Waals surface area contributed by atoms with Crippen LogP contribution in [0.25, 0.3) is 0 Å². The standard InChI is InChI=1S/C12H18N2O4/c1-17-8-9-18-12-10(4-2-5-14-12)11(16)13-6-3-7-15/h2,4-5,15H,3,6-9H2,1H3,(H,13,16). The van der Waals surface area contributed by atoms with Crippen molar-refractivity contribution >= 4 is 5.91 Å². The van der Waals surface area contributed by atoms with E-state index in [1.165, 1.54) is 0 Å². The molecule has 0 spiro atoms. The first-order chi connectivity index (χ1) is 8.79. The highest BCUT2D eigenvalue weighted by Crippen LogP contribution is 2.13. The number of nitrogens with zero attached hydrogens (tertiary/aromatic N) is 1. The lowest BCUT2D eigenvalue weighted by Crippen LogP contribution is -2.26. The van der Waals surface area contributed by atoms with Crippen LogP contribution in [0.15, 0.2) is 18.3 Å². The number of pyridine rings is 1. The maximum absolute atomic E-state index is 11.8. The van der Waals surface area contributed by atoms with Crippen molar-refractivity contribution in [3.8, 4) is 5.88 Å². The van der Waals surface area contributed by atoms with Crippen LogP contribution < -0.4 is 10.1 Å². The van der Waals surface area contributed by atoms with E-state index in [1.54, 1.807) is 25.4 Å². The molecule has 0 fully saturated rings. The van der Waals surface area contributed by atoms with Crippen LogP contribution >= 0.6 is 0 Å². The first-order valence-corrected chi connectivity index (χ1v) is 5.75. The van der Waals surface area contributed by atoms with E-state index in [-0.39, 0.29) is 18.4 Å². The molecule has 1 amide bonds. The molecule has 0 aliphatic carbocycles. The van der Waals surface area contributed by atoms with Crippen LogP contribution in [0.3, 0.4) is 0 Å². The first kappa shape index (κ1) is 14.4. The van der Waals surface area contributed by atoms with Gasteiger partial charge in [-0.3, -0.25) is 4.79 Å². The number of nitrogens with one attached hydrogen (secondary N) is 1. The molecular weight excluding hydrogens is 236 g/mol. The van der Waals surface area contributed by atoms with Gasteiger partial charge in [0.05, 0.1) is 6.61 Å². The van der Waals surface area contributed by atoms with Gasteiger partial charge in [0.25, 0.3) is 5.91 Å². The van der Waals surface area contributed by atoms with Crippen LogP contribution in [-0.2, 0) is 4.74 Å². The second-order valence-electron chi connectivity index (χ2n) is 3.53. The molecule has 100 valence electrons. The van der Waals surface area contributed by atoms with Crippen LogP contribution in [-0.4, -0.2) is 49.5 Å². The molecule has 0 bridgehead atoms. The third-order valence-electron chi connectivity index (χ3n) is 2.16. The van der Waals surface area contributed by atoms with Gasteiger partial charge < -0.3 is 19.9 Å². The van der Waals surface area contributed by atoms with Gasteiger partial charge in [0.2, 0.25) is 5.88 Å². The van der Waals surface area contributed by atoms with Gasteiger partial charge in [-0.05, 0) is 18.6 Å². The summed E-state index contributed by atoms with van der Waals surface area (Å²) >= 11 is 0. The topological polar surface area (TPSA) is 80.7 Å². The average Bonchev–Trinajstić information content (AvgIpc) is 2.40. The predicted molar refractivity (Wildman–Crippen MR) is 65.6 cm³/mol. The van der Waals surface area contributed by atoms with Crippen molar-refractivity contribution in [3.05, 3.63) is 23.9 Å². The summed E-state index contributed by atoms with van der Waals surface area (Å²) in [6.45, 7) is 1.23. The molecule has 0 aliphatic heterocycles. The lowest BCUT2D eigenvalue weighted by molar-refractivity contribution is 0.0941. The van der Waals surface area contributed by atoms with Crippen molar-refractivity contribution < 1.29 is 19.4 Å². The summed E-state index contributed by atoms with van der Waals surface area (Å²) in [5.74, 6) is 0.0278. The fourth-order valence-corrected chi connectivity index (χ4v) is 1.28. The Hall–Kier alpha value is -1.66. The summed E-state index contributed by atoms with van der Waals surface area (Å²) in [6, 6.07) is 3.31. The Bertz CT molecular complexity index is 371. The largest absolute Gasteiger partial charge is 0.475 e. The molecule has 0 aliphatic rings. The first-order valence-electron chi connectivity index (χ1n) is 5.75. The predicted octanol–water partition coefficient (Wildman–Crippen LogP) is 0.219. The molecular formula is C12H18N2O4. The number of methoxy groups -OCH3 is 1. The van der Waals surface area contributed by atoms with Gasteiger partial charge >= 0.3 is 0 Å². The number of aromatic nitrogens is 1. The quantitative estimate of drug-likeness (QED) is 0.649. The van der Waals surface area contributed by atoms with E-state index in [4.69, 9.17) is 14.6 Å². The monoisotopic (exact) mass is 254 g/mol. The Morgan fingerprint density at radius 1 is 1.50 bits per heavy atom. The van der Waals surface area contributed by atoms with Gasteiger partial charge in [-0.1, -0.05) is 0 Å². The van der Waals surface area contributed by atoms with Crippen LogP contribution in [0, 0.1) is 0 Å². The van der Waals surface area contributed by atoms with Gasteiger partial charge in [-0.15, -0.1) is 0 Å². The SMILES string of the molecule is COCCOc1ncccc1C(=O)NCCCO. The van der Waals surface area contributed by atoms with Crippen LogP contribution in [0.4, 0.5) is 0 Å². The third kappa shape index (κ3) is 4.68. The fourth-order valence-electron chi connectivity index (χ4n) is 1.28. The van der Waals surface area contributed by atoms with E-state index in [9.17, 15) is 4.79 Å². The number of carbonyl (C=O) groups is 1. The molecule has 0 saturated heterocycles. The number of amides is 1. The highest BCUT2D eigenvalue weighted by atomic mass is 16.5. The third-order valence-corrected chi connectivity index (χ3v) is 2.16. The minimum Gasteiger partial charge on any atom is -0.475 e. The highest BCUT2D eigenvalue weighted by Gasteiger charge is 2.12. The van der Waals surface area contributed by atoms with Crippen molar-refractivity contribution in [1.82, 2.24) is 10.3 Å². The van der Waals surface area contributed by atoms with Crippen LogP contribution in [0.1, 0.15) is 16.8 Å². The zero-order valence-electron chi connectivity index (χ0n) is 10.4. The molecule has 1 heterocycles. The number of carbonyl (C=O) groups excluding carboxylic acids is 1. The Kier molecular flexibility index (Phi) is 6.75. The molecule has 0 saturated carbocycles. The van der Waals surface area contributed by atoms with Crippen molar-refractivity contribution in [2.75, 3.05) is 33.5 Å². The molecule has 6 heteroatoms. The zero-order chi connectivity index (χ0) is 13.2. The van der Waals surface area contributed by atoms with E-state index in [2.05, 4.69) is 10.3 Å². The lowest BCUT2D eigenvalue weighted by atomic mass is 10.2. The van der Waals surface area contributed by atoms with Crippen LogP contribution in [0.2, 0.25) is 0 Å². The smallest absolute Gasteiger partial charge is 0.256 e. The second kappa shape index (κ2) is 8.43. The minimum absolute atomic E-state index is 0.0461. The summed E-state index contributed by atoms with van der Waals surface area (Å²) < 4.78 is 10.2. The summed E-state index contributed by atoms with van der Waals surface area (Å²) in [5, 5.41) is 11.3. The van der Waals surface area contributed by atoms with Gasteiger partial charge in [0.15, 0.2) is 0 Å². The number of aliphatic hydroxyl groups is 1. The van der Waals surface area contributed by atoms with Crippen molar-refractivity contribution in [3.63, 3.8) is 0 Å². The molecule has 1 aromatic rings. The summed E-state index contributed by atoms with van der Waals surface area (Å²) in [7, 11) is 1.57. The average molecular weight is 254 g/mol. The number of rotatable bonds is 8. The van der Waals surface area contributed by atoms with Crippen molar-refractivity contribution in [2.45, 2.75) is 6.42 Å². The van der Waals surface area contributed by atoms with E-state index >= 15 is 0 Å². The van der Waals surface area contributed by atoms with Gasteiger partial charge in [-0.25, -0.2) is 4.98 Å².